The van der Waals surface area contributed by atoms with Crippen LogP contribution >= 0.6 is 31.9 Å². The minimum Gasteiger partial charge on any atom is -0.495 e. The van der Waals surface area contributed by atoms with Gasteiger partial charge in [-0.05, 0) is 45.0 Å². The van der Waals surface area contributed by atoms with E-state index in [4.69, 9.17) is 4.74 Å². The summed E-state index contributed by atoms with van der Waals surface area (Å²) in [4.78, 5) is 11.4. The van der Waals surface area contributed by atoms with Crippen LogP contribution in [0.1, 0.15) is 0 Å². The van der Waals surface area contributed by atoms with Crippen LogP contribution in [0.2, 0.25) is 0 Å². The molecule has 0 unspecified atom stereocenters. The van der Waals surface area contributed by atoms with Crippen LogP contribution in [0.3, 0.4) is 0 Å². The average Bonchev–Trinajstić information content (AvgIpc) is 2.22. The second kappa shape index (κ2) is 6.22. The van der Waals surface area contributed by atoms with E-state index in [1.165, 1.54) is 0 Å². The van der Waals surface area contributed by atoms with Crippen LogP contribution in [0.15, 0.2) is 21.1 Å². The molecule has 0 aliphatic heterocycles. The van der Waals surface area contributed by atoms with Crippen LogP contribution in [0.4, 0.5) is 5.69 Å². The number of anilines is 1. The second-order valence-electron chi connectivity index (χ2n) is 3.05. The number of likely N-dealkylation sites (N-methyl/N-ethyl adjacent to an activating group) is 1. The fraction of sp³-hybridized carbons (Fsp3) is 0.300. The van der Waals surface area contributed by atoms with E-state index >= 15 is 0 Å². The summed E-state index contributed by atoms with van der Waals surface area (Å²) in [5, 5.41) is 5.54. The zero-order valence-electron chi connectivity index (χ0n) is 8.93. The van der Waals surface area contributed by atoms with Crippen molar-refractivity contribution >= 4 is 43.5 Å². The van der Waals surface area contributed by atoms with Crippen LogP contribution in [0.5, 0.6) is 5.75 Å². The van der Waals surface area contributed by atoms with Crippen LogP contribution in [-0.2, 0) is 4.79 Å². The standard InChI is InChI=1S/C10H12Br2N2O2/c1-13-5-10(15)14-8-4-9(16-2)7(12)3-6(8)11/h3-4,13H,5H2,1-2H3,(H,14,15). The van der Waals surface area contributed by atoms with Crippen molar-refractivity contribution in [3.05, 3.63) is 21.1 Å². The third-order valence-corrected chi connectivity index (χ3v) is 3.13. The first-order valence-electron chi connectivity index (χ1n) is 4.56. The molecule has 0 aliphatic carbocycles. The lowest BCUT2D eigenvalue weighted by Crippen LogP contribution is -2.25. The number of amides is 1. The highest BCUT2D eigenvalue weighted by Crippen LogP contribution is 2.34. The Morgan fingerprint density at radius 3 is 2.62 bits per heavy atom. The summed E-state index contributed by atoms with van der Waals surface area (Å²) in [6, 6.07) is 3.58. The Hall–Kier alpha value is -0.590. The first-order chi connectivity index (χ1) is 7.58. The van der Waals surface area contributed by atoms with Crippen LogP contribution < -0.4 is 15.4 Å². The number of halogens is 2. The zero-order valence-corrected chi connectivity index (χ0v) is 12.1. The van der Waals surface area contributed by atoms with Gasteiger partial charge in [0.15, 0.2) is 0 Å². The van der Waals surface area contributed by atoms with Gasteiger partial charge in [-0.15, -0.1) is 0 Å². The highest BCUT2D eigenvalue weighted by molar-refractivity contribution is 9.11. The number of methoxy groups -OCH3 is 1. The molecule has 0 aliphatic rings. The van der Waals surface area contributed by atoms with Crippen LogP contribution in [0.25, 0.3) is 0 Å². The third kappa shape index (κ3) is 3.47. The van der Waals surface area contributed by atoms with E-state index in [0.29, 0.717) is 11.4 Å². The number of hydrogen-bond acceptors (Lipinski definition) is 3. The number of hydrogen-bond donors (Lipinski definition) is 2. The molecule has 0 saturated carbocycles. The second-order valence-corrected chi connectivity index (χ2v) is 4.75. The molecule has 0 saturated heterocycles. The number of nitrogens with one attached hydrogen (secondary N) is 2. The van der Waals surface area contributed by atoms with Crippen LogP contribution in [0, 0.1) is 0 Å². The van der Waals surface area contributed by atoms with Gasteiger partial charge in [0, 0.05) is 10.5 Å². The monoisotopic (exact) mass is 350 g/mol. The zero-order chi connectivity index (χ0) is 12.1. The lowest BCUT2D eigenvalue weighted by Gasteiger charge is -2.10. The minimum absolute atomic E-state index is 0.104. The molecule has 0 radical (unpaired) electrons. The molecule has 1 aromatic rings. The van der Waals surface area contributed by atoms with Gasteiger partial charge < -0.3 is 15.4 Å². The smallest absolute Gasteiger partial charge is 0.238 e. The van der Waals surface area contributed by atoms with Gasteiger partial charge in [-0.3, -0.25) is 4.79 Å². The average molecular weight is 352 g/mol. The van der Waals surface area contributed by atoms with Crippen molar-refractivity contribution in [1.82, 2.24) is 5.32 Å². The first kappa shape index (κ1) is 13.5. The predicted molar refractivity (Wildman–Crippen MR) is 71.0 cm³/mol. The lowest BCUT2D eigenvalue weighted by atomic mass is 10.3. The molecule has 1 aromatic carbocycles. The van der Waals surface area contributed by atoms with Crippen molar-refractivity contribution in [1.29, 1.82) is 0 Å². The van der Waals surface area contributed by atoms with E-state index in [2.05, 4.69) is 42.5 Å². The van der Waals surface area contributed by atoms with Crippen molar-refractivity contribution in [3.8, 4) is 5.75 Å². The van der Waals surface area contributed by atoms with Gasteiger partial charge in [0.25, 0.3) is 0 Å². The molecule has 0 heterocycles. The number of carbonyl (C=O) groups is 1. The van der Waals surface area contributed by atoms with Crippen molar-refractivity contribution in [3.63, 3.8) is 0 Å². The number of carbonyl (C=O) groups excluding carboxylic acids is 1. The van der Waals surface area contributed by atoms with Gasteiger partial charge in [0.05, 0.1) is 23.8 Å². The Morgan fingerprint density at radius 2 is 2.06 bits per heavy atom. The summed E-state index contributed by atoms with van der Waals surface area (Å²) in [6.45, 7) is 0.269. The van der Waals surface area contributed by atoms with E-state index in [9.17, 15) is 4.79 Å². The maximum Gasteiger partial charge on any atom is 0.238 e. The minimum atomic E-state index is -0.104. The van der Waals surface area contributed by atoms with Gasteiger partial charge in [-0.25, -0.2) is 0 Å². The van der Waals surface area contributed by atoms with Crippen molar-refractivity contribution < 1.29 is 9.53 Å². The molecule has 2 N–H and O–H groups in total. The van der Waals surface area contributed by atoms with E-state index in [0.717, 1.165) is 8.95 Å². The molecule has 1 rings (SSSR count). The fourth-order valence-electron chi connectivity index (χ4n) is 1.14. The van der Waals surface area contributed by atoms with E-state index in [-0.39, 0.29) is 12.5 Å². The number of rotatable bonds is 4. The first-order valence-corrected chi connectivity index (χ1v) is 6.14. The normalized spacial score (nSPS) is 10.0. The Bertz CT molecular complexity index is 397. The summed E-state index contributed by atoms with van der Waals surface area (Å²) < 4.78 is 6.77. The Labute approximate surface area is 111 Å². The molecule has 0 aromatic heterocycles. The van der Waals surface area contributed by atoms with Gasteiger partial charge in [-0.1, -0.05) is 0 Å². The SMILES string of the molecule is CNCC(=O)Nc1cc(OC)c(Br)cc1Br. The van der Waals surface area contributed by atoms with Crippen molar-refractivity contribution in [2.24, 2.45) is 0 Å². The van der Waals surface area contributed by atoms with E-state index in [1.807, 2.05) is 6.07 Å². The largest absolute Gasteiger partial charge is 0.495 e. The molecule has 1 amide bonds. The molecular weight excluding hydrogens is 340 g/mol. The quantitative estimate of drug-likeness (QED) is 0.875. The van der Waals surface area contributed by atoms with Gasteiger partial charge in [-0.2, -0.15) is 0 Å². The molecule has 4 nitrogen and oxygen atoms in total. The lowest BCUT2D eigenvalue weighted by molar-refractivity contribution is -0.115. The molecule has 0 bridgehead atoms. The van der Waals surface area contributed by atoms with Crippen molar-refractivity contribution in [2.45, 2.75) is 0 Å². The summed E-state index contributed by atoms with van der Waals surface area (Å²) >= 11 is 6.73. The van der Waals surface area contributed by atoms with Gasteiger partial charge in [0.2, 0.25) is 5.91 Å². The Morgan fingerprint density at radius 1 is 1.38 bits per heavy atom. The highest BCUT2D eigenvalue weighted by atomic mass is 79.9. The topological polar surface area (TPSA) is 50.4 Å². The molecule has 0 atom stereocenters. The number of benzene rings is 1. The fourth-order valence-corrected chi connectivity index (χ4v) is 2.39. The maximum atomic E-state index is 11.4. The highest BCUT2D eigenvalue weighted by Gasteiger charge is 2.09. The summed E-state index contributed by atoms with van der Waals surface area (Å²) in [6.07, 6.45) is 0. The molecule has 0 spiro atoms. The number of ether oxygens (including phenoxy) is 1. The molecule has 16 heavy (non-hydrogen) atoms. The summed E-state index contributed by atoms with van der Waals surface area (Å²) in [5.74, 6) is 0.565. The maximum absolute atomic E-state index is 11.4. The predicted octanol–water partition coefficient (Wildman–Crippen LogP) is 2.38. The van der Waals surface area contributed by atoms with Gasteiger partial charge >= 0.3 is 0 Å². The summed E-state index contributed by atoms with van der Waals surface area (Å²) in [5.41, 5.74) is 0.681. The molecular formula is C10H12Br2N2O2. The Kier molecular flexibility index (Phi) is 5.24. The van der Waals surface area contributed by atoms with E-state index < -0.39 is 0 Å². The van der Waals surface area contributed by atoms with Gasteiger partial charge in [0.1, 0.15) is 5.75 Å². The molecule has 88 valence electrons. The third-order valence-electron chi connectivity index (χ3n) is 1.85. The van der Waals surface area contributed by atoms with Crippen molar-refractivity contribution in [2.75, 3.05) is 26.0 Å². The van der Waals surface area contributed by atoms with Crippen LogP contribution in [-0.4, -0.2) is 26.6 Å². The summed E-state index contributed by atoms with van der Waals surface area (Å²) in [7, 11) is 3.30. The van der Waals surface area contributed by atoms with E-state index in [1.54, 1.807) is 20.2 Å². The molecule has 6 heteroatoms. The molecule has 0 fully saturated rings. The Balaban J connectivity index is 2.91.